The molecule has 0 fully saturated rings. The van der Waals surface area contributed by atoms with Crippen LogP contribution in [0, 0.1) is 0 Å². The van der Waals surface area contributed by atoms with E-state index in [-0.39, 0.29) is 18.9 Å². The number of rotatable bonds is 50. The lowest BCUT2D eigenvalue weighted by Crippen LogP contribution is -2.45. The molecule has 0 aromatic carbocycles. The van der Waals surface area contributed by atoms with Crippen molar-refractivity contribution in [3.05, 3.63) is 36.5 Å². The van der Waals surface area contributed by atoms with Gasteiger partial charge < -0.3 is 20.6 Å². The molecule has 0 saturated carbocycles. The molecule has 0 aromatic rings. The molecule has 0 spiro atoms. The van der Waals surface area contributed by atoms with Gasteiger partial charge in [-0.3, -0.25) is 4.79 Å². The van der Waals surface area contributed by atoms with Gasteiger partial charge in [0, 0.05) is 0 Å². The molecule has 0 saturated heterocycles. The van der Waals surface area contributed by atoms with Crippen LogP contribution in [0.1, 0.15) is 290 Å². The number of allylic oxidation sites excluding steroid dienone is 5. The van der Waals surface area contributed by atoms with Gasteiger partial charge in [-0.1, -0.05) is 262 Å². The van der Waals surface area contributed by atoms with E-state index in [1.54, 1.807) is 6.08 Å². The molecule has 0 radical (unpaired) electrons. The van der Waals surface area contributed by atoms with E-state index in [9.17, 15) is 20.1 Å². The lowest BCUT2D eigenvalue weighted by molar-refractivity contribution is -0.124. The fourth-order valence-electron chi connectivity index (χ4n) is 8.47. The van der Waals surface area contributed by atoms with Gasteiger partial charge >= 0.3 is 0 Å². The molecule has 61 heavy (non-hydrogen) atoms. The first-order chi connectivity index (χ1) is 30.0. The molecule has 5 heteroatoms. The zero-order valence-corrected chi connectivity index (χ0v) is 41.1. The van der Waals surface area contributed by atoms with Crippen LogP contribution in [0.25, 0.3) is 0 Å². The minimum atomic E-state index is -0.949. The summed E-state index contributed by atoms with van der Waals surface area (Å²) in [5.74, 6) is -0.324. The quantitative estimate of drug-likeness (QED) is 0.0362. The number of hydrogen-bond donors (Lipinski definition) is 4. The maximum Gasteiger partial charge on any atom is 0.222 e. The van der Waals surface area contributed by atoms with Gasteiger partial charge in [-0.05, 0) is 57.8 Å². The Morgan fingerprint density at radius 2 is 0.705 bits per heavy atom. The van der Waals surface area contributed by atoms with Crippen molar-refractivity contribution in [2.75, 3.05) is 6.61 Å². The summed E-state index contributed by atoms with van der Waals surface area (Å²) in [5, 5.41) is 33.2. The minimum absolute atomic E-state index is 0.00738. The lowest BCUT2D eigenvalue weighted by atomic mass is 10.0. The molecule has 0 aromatic heterocycles. The standard InChI is InChI=1S/C56H107NO4/c1-3-5-7-9-11-13-15-16-17-18-19-20-21-22-23-24-25-26-27-28-29-30-31-32-33-34-35-36-37-38-40-41-43-45-47-49-53(59)51-56(61)57-54(52-58)55(60)50-48-46-44-42-39-14-12-10-8-6-4-2/h26-27,39,42,48,50,53-55,58-60H,3-25,28-38,40-41,43-47,49,51-52H2,1-2H3,(H,57,61)/b27-26-,42-39+,50-48+. The maximum absolute atomic E-state index is 12.4. The van der Waals surface area contributed by atoms with Crippen molar-refractivity contribution in [3.63, 3.8) is 0 Å². The zero-order valence-electron chi connectivity index (χ0n) is 41.1. The lowest BCUT2D eigenvalue weighted by Gasteiger charge is -2.21. The molecule has 0 heterocycles. The van der Waals surface area contributed by atoms with Crippen molar-refractivity contribution in [1.29, 1.82) is 0 Å². The first kappa shape index (κ1) is 59.6. The Morgan fingerprint density at radius 1 is 0.410 bits per heavy atom. The van der Waals surface area contributed by atoms with Crippen LogP contribution >= 0.6 is 0 Å². The molecular formula is C56H107NO4. The molecule has 5 nitrogen and oxygen atoms in total. The fourth-order valence-corrected chi connectivity index (χ4v) is 8.47. The van der Waals surface area contributed by atoms with Crippen LogP contribution in [0.5, 0.6) is 0 Å². The van der Waals surface area contributed by atoms with Crippen molar-refractivity contribution in [1.82, 2.24) is 5.32 Å². The highest BCUT2D eigenvalue weighted by atomic mass is 16.3. The Bertz CT molecular complexity index is 947. The number of aliphatic hydroxyl groups is 3. The van der Waals surface area contributed by atoms with Gasteiger partial charge in [-0.25, -0.2) is 0 Å². The van der Waals surface area contributed by atoms with E-state index in [2.05, 4.69) is 43.5 Å². The molecule has 3 atom stereocenters. The van der Waals surface area contributed by atoms with E-state index in [1.165, 1.54) is 231 Å². The summed E-state index contributed by atoms with van der Waals surface area (Å²) < 4.78 is 0. The first-order valence-corrected chi connectivity index (χ1v) is 27.3. The van der Waals surface area contributed by atoms with Crippen LogP contribution < -0.4 is 5.32 Å². The van der Waals surface area contributed by atoms with Crippen molar-refractivity contribution in [3.8, 4) is 0 Å². The molecule has 0 aliphatic rings. The summed E-state index contributed by atoms with van der Waals surface area (Å²) in [6, 6.07) is -0.759. The number of carbonyl (C=O) groups is 1. The third-order valence-corrected chi connectivity index (χ3v) is 12.6. The van der Waals surface area contributed by atoms with Crippen molar-refractivity contribution >= 4 is 5.91 Å². The van der Waals surface area contributed by atoms with E-state index in [0.717, 1.165) is 32.1 Å². The van der Waals surface area contributed by atoms with Crippen LogP contribution in [0.3, 0.4) is 0 Å². The van der Waals surface area contributed by atoms with E-state index in [0.29, 0.717) is 6.42 Å². The Hall–Kier alpha value is -1.43. The highest BCUT2D eigenvalue weighted by Gasteiger charge is 2.20. The van der Waals surface area contributed by atoms with Crippen molar-refractivity contribution in [2.24, 2.45) is 0 Å². The number of unbranched alkanes of at least 4 members (excludes halogenated alkanes) is 37. The van der Waals surface area contributed by atoms with Gasteiger partial charge in [0.05, 0.1) is 31.3 Å². The predicted molar refractivity (Wildman–Crippen MR) is 268 cm³/mol. The van der Waals surface area contributed by atoms with Crippen molar-refractivity contribution in [2.45, 2.75) is 308 Å². The van der Waals surface area contributed by atoms with Crippen LogP contribution in [0.4, 0.5) is 0 Å². The van der Waals surface area contributed by atoms with Gasteiger partial charge in [-0.2, -0.15) is 0 Å². The monoisotopic (exact) mass is 858 g/mol. The van der Waals surface area contributed by atoms with Gasteiger partial charge in [-0.15, -0.1) is 0 Å². The number of amides is 1. The van der Waals surface area contributed by atoms with E-state index in [1.807, 2.05) is 6.08 Å². The molecule has 3 unspecified atom stereocenters. The van der Waals surface area contributed by atoms with Crippen molar-refractivity contribution < 1.29 is 20.1 Å². The summed E-state index contributed by atoms with van der Waals surface area (Å²) in [6.07, 6.45) is 66.4. The second kappa shape index (κ2) is 51.2. The summed E-state index contributed by atoms with van der Waals surface area (Å²) in [4.78, 5) is 12.4. The molecule has 0 rings (SSSR count). The van der Waals surface area contributed by atoms with Crippen LogP contribution in [-0.2, 0) is 4.79 Å². The second-order valence-electron chi connectivity index (χ2n) is 18.8. The average Bonchev–Trinajstić information content (AvgIpc) is 3.25. The average molecular weight is 858 g/mol. The van der Waals surface area contributed by atoms with E-state index in [4.69, 9.17) is 0 Å². The summed E-state index contributed by atoms with van der Waals surface area (Å²) in [7, 11) is 0. The highest BCUT2D eigenvalue weighted by molar-refractivity contribution is 5.76. The Labute approximate surface area is 381 Å². The molecule has 0 aliphatic carbocycles. The van der Waals surface area contributed by atoms with Crippen LogP contribution in [0.2, 0.25) is 0 Å². The molecule has 1 amide bonds. The number of aliphatic hydroxyl groups excluding tert-OH is 3. The number of carbonyl (C=O) groups excluding carboxylic acids is 1. The van der Waals surface area contributed by atoms with E-state index < -0.39 is 18.2 Å². The molecule has 0 aliphatic heterocycles. The SMILES string of the molecule is CCCCCCC/C=C/CC/C=C/C(O)C(CO)NC(=O)CC(O)CCCCCCCCCCCCCCCCC/C=C\CCCCCCCCCCCCCCCCCC. The van der Waals surface area contributed by atoms with Crippen LogP contribution in [-0.4, -0.2) is 46.1 Å². The fraction of sp³-hybridized carbons (Fsp3) is 0.875. The molecule has 0 bridgehead atoms. The van der Waals surface area contributed by atoms with Gasteiger partial charge in [0.25, 0.3) is 0 Å². The summed E-state index contributed by atoms with van der Waals surface area (Å²) in [6.45, 7) is 4.19. The molecule has 360 valence electrons. The molecule has 4 N–H and O–H groups in total. The topological polar surface area (TPSA) is 89.8 Å². The molecular weight excluding hydrogens is 751 g/mol. The second-order valence-corrected chi connectivity index (χ2v) is 18.8. The third kappa shape index (κ3) is 47.9. The first-order valence-electron chi connectivity index (χ1n) is 27.3. The number of hydrogen-bond acceptors (Lipinski definition) is 4. The van der Waals surface area contributed by atoms with Gasteiger partial charge in [0.2, 0.25) is 5.91 Å². The Morgan fingerprint density at radius 3 is 1.05 bits per heavy atom. The Kier molecular flexibility index (Phi) is 50.0. The summed E-state index contributed by atoms with van der Waals surface area (Å²) in [5.41, 5.74) is 0. The van der Waals surface area contributed by atoms with Gasteiger partial charge in [0.1, 0.15) is 0 Å². The predicted octanol–water partition coefficient (Wildman–Crippen LogP) is 16.7. The maximum atomic E-state index is 12.4. The number of nitrogens with one attached hydrogen (secondary N) is 1. The van der Waals surface area contributed by atoms with Gasteiger partial charge in [0.15, 0.2) is 0 Å². The normalized spacial score (nSPS) is 13.6. The minimum Gasteiger partial charge on any atom is -0.394 e. The van der Waals surface area contributed by atoms with E-state index >= 15 is 0 Å². The zero-order chi connectivity index (χ0) is 44.4. The smallest absolute Gasteiger partial charge is 0.222 e. The highest BCUT2D eigenvalue weighted by Crippen LogP contribution is 2.17. The summed E-state index contributed by atoms with van der Waals surface area (Å²) >= 11 is 0. The Balaban J connectivity index is 3.47. The third-order valence-electron chi connectivity index (χ3n) is 12.6. The largest absolute Gasteiger partial charge is 0.394 e. The van der Waals surface area contributed by atoms with Crippen LogP contribution in [0.15, 0.2) is 36.5 Å².